The predicted molar refractivity (Wildman–Crippen MR) is 89.1 cm³/mol. The van der Waals surface area contributed by atoms with Crippen LogP contribution in [0.1, 0.15) is 0 Å². The number of imidazole rings is 1. The zero-order valence-electron chi connectivity index (χ0n) is 12.9. The second kappa shape index (κ2) is 5.60. The average Bonchev–Trinajstić information content (AvgIpc) is 2.89. The molecule has 0 spiro atoms. The summed E-state index contributed by atoms with van der Waals surface area (Å²) in [6.07, 6.45) is 0. The highest BCUT2D eigenvalue weighted by Gasteiger charge is 2.27. The number of hydrogen-bond donors (Lipinski definition) is 2. The van der Waals surface area contributed by atoms with Crippen LogP contribution < -0.4 is 20.9 Å². The number of anilines is 1. The van der Waals surface area contributed by atoms with Crippen LogP contribution in [-0.4, -0.2) is 31.6 Å². The van der Waals surface area contributed by atoms with E-state index in [1.165, 1.54) is 44.6 Å². The summed E-state index contributed by atoms with van der Waals surface area (Å²) in [4.78, 5) is 14.5. The van der Waals surface area contributed by atoms with Crippen LogP contribution in [0, 0.1) is 0 Å². The molecule has 24 heavy (non-hydrogen) atoms. The number of rotatable bonds is 4. The Labute approximate surface area is 137 Å². The third-order valence-corrected chi connectivity index (χ3v) is 5.27. The van der Waals surface area contributed by atoms with E-state index in [4.69, 9.17) is 15.2 Å². The number of nitrogens with one attached hydrogen (secondary N) is 1. The molecule has 0 fully saturated rings. The topological polar surface area (TPSA) is 116 Å². The first-order chi connectivity index (χ1) is 11.4. The number of methoxy groups -OCH3 is 2. The SMILES string of the molecule is COc1ccc(OC)c(S(=O)(=O)n2c(=O)[nH]c3cc(N)ccc32)c1. The van der Waals surface area contributed by atoms with Crippen molar-refractivity contribution in [2.45, 2.75) is 4.90 Å². The van der Waals surface area contributed by atoms with Gasteiger partial charge >= 0.3 is 5.69 Å². The van der Waals surface area contributed by atoms with Gasteiger partial charge in [-0.1, -0.05) is 0 Å². The van der Waals surface area contributed by atoms with E-state index in [9.17, 15) is 13.2 Å². The Morgan fingerprint density at radius 3 is 2.50 bits per heavy atom. The number of hydrogen-bond acceptors (Lipinski definition) is 6. The molecule has 9 heteroatoms. The molecule has 3 aromatic rings. The number of H-pyrrole nitrogens is 1. The van der Waals surface area contributed by atoms with Gasteiger partial charge < -0.3 is 20.2 Å². The Morgan fingerprint density at radius 1 is 1.08 bits per heavy atom. The molecule has 0 bridgehead atoms. The zero-order valence-corrected chi connectivity index (χ0v) is 13.8. The van der Waals surface area contributed by atoms with Gasteiger partial charge in [-0.25, -0.2) is 13.2 Å². The summed E-state index contributed by atoms with van der Waals surface area (Å²) >= 11 is 0. The summed E-state index contributed by atoms with van der Waals surface area (Å²) in [7, 11) is -1.45. The maximum Gasteiger partial charge on any atom is 0.340 e. The van der Waals surface area contributed by atoms with Gasteiger partial charge in [-0.2, -0.15) is 3.97 Å². The quantitative estimate of drug-likeness (QED) is 0.683. The van der Waals surface area contributed by atoms with Crippen molar-refractivity contribution in [1.29, 1.82) is 0 Å². The van der Waals surface area contributed by atoms with E-state index < -0.39 is 15.7 Å². The largest absolute Gasteiger partial charge is 0.497 e. The summed E-state index contributed by atoms with van der Waals surface area (Å²) in [5, 5.41) is 0. The van der Waals surface area contributed by atoms with Crippen LogP contribution in [0.3, 0.4) is 0 Å². The predicted octanol–water partition coefficient (Wildman–Crippen LogP) is 1.17. The summed E-state index contributed by atoms with van der Waals surface area (Å²) in [6.45, 7) is 0. The van der Waals surface area contributed by atoms with Crippen molar-refractivity contribution >= 4 is 26.7 Å². The minimum atomic E-state index is -4.21. The lowest BCUT2D eigenvalue weighted by atomic mass is 10.3. The number of ether oxygens (including phenoxy) is 2. The lowest BCUT2D eigenvalue weighted by Gasteiger charge is -2.12. The first-order valence-electron chi connectivity index (χ1n) is 6.86. The van der Waals surface area contributed by atoms with Crippen molar-refractivity contribution in [2.24, 2.45) is 0 Å². The van der Waals surface area contributed by atoms with Gasteiger partial charge in [0.05, 0.1) is 25.3 Å². The standard InChI is InChI=1S/C15H15N3O5S/c1-22-10-4-6-13(23-2)14(8-10)24(20,21)18-12-5-3-9(16)7-11(12)17-15(18)19/h3-8H,16H2,1-2H3,(H,17,19). The third-order valence-electron chi connectivity index (χ3n) is 3.55. The molecule has 0 aliphatic heterocycles. The fourth-order valence-corrected chi connectivity index (χ4v) is 3.98. The molecule has 0 saturated heterocycles. The smallest absolute Gasteiger partial charge is 0.340 e. The van der Waals surface area contributed by atoms with Crippen LogP contribution in [0.5, 0.6) is 11.5 Å². The van der Waals surface area contributed by atoms with Gasteiger partial charge in [-0.15, -0.1) is 0 Å². The lowest BCUT2D eigenvalue weighted by molar-refractivity contribution is 0.392. The molecular weight excluding hydrogens is 334 g/mol. The molecule has 0 aliphatic rings. The molecule has 1 heterocycles. The van der Waals surface area contributed by atoms with Gasteiger partial charge in [0.2, 0.25) is 0 Å². The Hall–Kier alpha value is -2.94. The van der Waals surface area contributed by atoms with Gasteiger partial charge in [0, 0.05) is 11.8 Å². The van der Waals surface area contributed by atoms with Gasteiger partial charge in [0.15, 0.2) is 0 Å². The molecule has 3 rings (SSSR count). The molecule has 3 N–H and O–H groups in total. The van der Waals surface area contributed by atoms with Gasteiger partial charge in [0.25, 0.3) is 10.0 Å². The number of aromatic nitrogens is 2. The second-order valence-electron chi connectivity index (χ2n) is 4.99. The maximum absolute atomic E-state index is 13.0. The van der Waals surface area contributed by atoms with E-state index >= 15 is 0 Å². The molecule has 0 amide bonds. The van der Waals surface area contributed by atoms with Crippen molar-refractivity contribution < 1.29 is 17.9 Å². The van der Waals surface area contributed by atoms with Crippen LogP contribution in [0.2, 0.25) is 0 Å². The fraction of sp³-hybridized carbons (Fsp3) is 0.133. The molecular formula is C15H15N3O5S. The maximum atomic E-state index is 13.0. The minimum Gasteiger partial charge on any atom is -0.497 e. The molecule has 2 aromatic carbocycles. The number of fused-ring (bicyclic) bond motifs is 1. The number of aromatic amines is 1. The number of nitrogen functional groups attached to an aromatic ring is 1. The van der Waals surface area contributed by atoms with Crippen LogP contribution in [0.15, 0.2) is 46.1 Å². The first-order valence-corrected chi connectivity index (χ1v) is 8.30. The molecule has 0 radical (unpaired) electrons. The Morgan fingerprint density at radius 2 is 1.83 bits per heavy atom. The summed E-state index contributed by atoms with van der Waals surface area (Å²) in [5.74, 6) is 0.430. The van der Waals surface area contributed by atoms with E-state index in [0.717, 1.165) is 0 Å². The first kappa shape index (κ1) is 15.9. The monoisotopic (exact) mass is 349 g/mol. The van der Waals surface area contributed by atoms with Gasteiger partial charge in [-0.05, 0) is 30.3 Å². The lowest BCUT2D eigenvalue weighted by Crippen LogP contribution is -2.25. The van der Waals surface area contributed by atoms with E-state index in [-0.39, 0.29) is 16.2 Å². The molecule has 8 nitrogen and oxygen atoms in total. The average molecular weight is 349 g/mol. The molecule has 0 saturated carbocycles. The van der Waals surface area contributed by atoms with Crippen molar-refractivity contribution in [1.82, 2.24) is 8.96 Å². The highest BCUT2D eigenvalue weighted by Crippen LogP contribution is 2.30. The van der Waals surface area contributed by atoms with Gasteiger partial charge in [-0.3, -0.25) is 0 Å². The Balaban J connectivity index is 2.34. The van der Waals surface area contributed by atoms with Gasteiger partial charge in [0.1, 0.15) is 16.4 Å². The van der Waals surface area contributed by atoms with Crippen molar-refractivity contribution in [2.75, 3.05) is 20.0 Å². The normalized spacial score (nSPS) is 11.6. The molecule has 1 aromatic heterocycles. The number of benzene rings is 2. The fourth-order valence-electron chi connectivity index (χ4n) is 2.43. The van der Waals surface area contributed by atoms with E-state index in [2.05, 4.69) is 4.98 Å². The minimum absolute atomic E-state index is 0.104. The summed E-state index contributed by atoms with van der Waals surface area (Å²) in [5.41, 5.74) is 5.81. The van der Waals surface area contributed by atoms with Crippen LogP contribution in [0.4, 0.5) is 5.69 Å². The highest BCUT2D eigenvalue weighted by molar-refractivity contribution is 7.90. The van der Waals surface area contributed by atoms with Crippen molar-refractivity contribution in [3.8, 4) is 11.5 Å². The summed E-state index contributed by atoms with van der Waals surface area (Å²) < 4.78 is 36.9. The molecule has 126 valence electrons. The van der Waals surface area contributed by atoms with E-state index in [1.807, 2.05) is 0 Å². The van der Waals surface area contributed by atoms with Crippen molar-refractivity contribution in [3.63, 3.8) is 0 Å². The third kappa shape index (κ3) is 2.38. The van der Waals surface area contributed by atoms with E-state index in [1.54, 1.807) is 6.07 Å². The molecule has 0 atom stereocenters. The number of nitrogens with two attached hydrogens (primary N) is 1. The van der Waals surface area contributed by atoms with Crippen molar-refractivity contribution in [3.05, 3.63) is 46.9 Å². The molecule has 0 aliphatic carbocycles. The highest BCUT2D eigenvalue weighted by atomic mass is 32.2. The van der Waals surface area contributed by atoms with Crippen LogP contribution in [0.25, 0.3) is 11.0 Å². The van der Waals surface area contributed by atoms with Crippen LogP contribution >= 0.6 is 0 Å². The Kier molecular flexibility index (Phi) is 3.72. The van der Waals surface area contributed by atoms with Crippen LogP contribution in [-0.2, 0) is 10.0 Å². The number of nitrogens with zero attached hydrogens (tertiary/aromatic N) is 1. The Bertz CT molecular complexity index is 1080. The summed E-state index contributed by atoms with van der Waals surface area (Å²) in [6, 6.07) is 8.81. The molecule has 0 unspecified atom stereocenters. The second-order valence-corrected chi connectivity index (χ2v) is 6.75. The zero-order chi connectivity index (χ0) is 17.5. The van der Waals surface area contributed by atoms with E-state index in [0.29, 0.717) is 20.9 Å².